The topological polar surface area (TPSA) is 91.5 Å². The number of carbonyl (C=O) groups excluding carboxylic acids is 1. The summed E-state index contributed by atoms with van der Waals surface area (Å²) in [6.07, 6.45) is 3.80. The van der Waals surface area contributed by atoms with Crippen molar-refractivity contribution in [1.29, 1.82) is 0 Å². The molecule has 0 spiro atoms. The number of benzene rings is 1. The van der Waals surface area contributed by atoms with E-state index in [1.807, 2.05) is 12.1 Å². The van der Waals surface area contributed by atoms with E-state index in [0.717, 1.165) is 31.4 Å². The van der Waals surface area contributed by atoms with Crippen LogP contribution in [0.2, 0.25) is 0 Å². The summed E-state index contributed by atoms with van der Waals surface area (Å²) in [6.45, 7) is 4.32. The first kappa shape index (κ1) is 16.8. The highest BCUT2D eigenvalue weighted by molar-refractivity contribution is 5.92. The number of hydrogen-bond donors (Lipinski definition) is 4. The maximum absolute atomic E-state index is 12.2. The van der Waals surface area contributed by atoms with Crippen LogP contribution in [0.4, 0.5) is 5.69 Å². The third kappa shape index (κ3) is 3.87. The number of carbonyl (C=O) groups is 1. The second kappa shape index (κ2) is 7.21. The van der Waals surface area contributed by atoms with E-state index in [1.54, 1.807) is 0 Å². The van der Waals surface area contributed by atoms with Gasteiger partial charge in [0.05, 0.1) is 5.92 Å². The van der Waals surface area contributed by atoms with Crippen molar-refractivity contribution in [1.82, 2.24) is 10.6 Å². The van der Waals surface area contributed by atoms with Crippen molar-refractivity contribution in [3.8, 4) is 0 Å². The Morgan fingerprint density at radius 2 is 1.96 bits per heavy atom. The van der Waals surface area contributed by atoms with E-state index >= 15 is 0 Å². The van der Waals surface area contributed by atoms with E-state index < -0.39 is 6.29 Å². The van der Waals surface area contributed by atoms with E-state index in [1.165, 1.54) is 5.56 Å². The molecule has 1 amide bonds. The molecule has 5 N–H and O–H groups in total. The van der Waals surface area contributed by atoms with Gasteiger partial charge in [-0.25, -0.2) is 4.99 Å². The van der Waals surface area contributed by atoms with Crippen molar-refractivity contribution in [3.05, 3.63) is 29.8 Å². The van der Waals surface area contributed by atoms with Crippen LogP contribution in [0, 0.1) is 5.92 Å². The summed E-state index contributed by atoms with van der Waals surface area (Å²) in [5.74, 6) is 0.943. The number of guanidine groups is 1. The summed E-state index contributed by atoms with van der Waals surface area (Å²) in [5.41, 5.74) is 8.16. The third-order valence-corrected chi connectivity index (χ3v) is 4.87. The van der Waals surface area contributed by atoms with Gasteiger partial charge in [-0.15, -0.1) is 0 Å². The van der Waals surface area contributed by atoms with Crippen LogP contribution in [0.5, 0.6) is 0 Å². The molecule has 6 nitrogen and oxygen atoms in total. The Morgan fingerprint density at radius 3 is 2.67 bits per heavy atom. The average molecular weight is 329 g/mol. The zero-order valence-electron chi connectivity index (χ0n) is 14.4. The molecular formula is C18H27N5O. The van der Waals surface area contributed by atoms with Gasteiger partial charge in [0.1, 0.15) is 0 Å². The molecule has 3 rings (SSSR count). The first-order valence-corrected chi connectivity index (χ1v) is 8.79. The second-order valence-electron chi connectivity index (χ2n) is 6.99. The van der Waals surface area contributed by atoms with Crippen LogP contribution in [0.1, 0.15) is 51.0 Å². The number of amides is 1. The molecule has 0 aromatic heterocycles. The first-order valence-electron chi connectivity index (χ1n) is 8.79. The molecule has 1 aromatic carbocycles. The lowest BCUT2D eigenvalue weighted by atomic mass is 9.83. The Bertz CT molecular complexity index is 610. The van der Waals surface area contributed by atoms with Gasteiger partial charge in [0.15, 0.2) is 12.2 Å². The number of aliphatic imine (C=N–C) groups is 1. The Morgan fingerprint density at radius 1 is 1.25 bits per heavy atom. The molecule has 1 saturated carbocycles. The molecule has 24 heavy (non-hydrogen) atoms. The number of anilines is 1. The number of nitrogens with two attached hydrogens (primary N) is 1. The lowest BCUT2D eigenvalue weighted by molar-refractivity contribution is -0.130. The number of rotatable bonds is 3. The summed E-state index contributed by atoms with van der Waals surface area (Å²) in [7, 11) is 0. The first-order chi connectivity index (χ1) is 11.5. The average Bonchev–Trinajstić information content (AvgIpc) is 2.55. The minimum absolute atomic E-state index is 0.0722. The van der Waals surface area contributed by atoms with Crippen LogP contribution in [0.15, 0.2) is 29.3 Å². The van der Waals surface area contributed by atoms with Gasteiger partial charge < -0.3 is 16.4 Å². The highest BCUT2D eigenvalue weighted by Crippen LogP contribution is 2.27. The smallest absolute Gasteiger partial charge is 0.227 e. The predicted octanol–water partition coefficient (Wildman–Crippen LogP) is 2.10. The van der Waals surface area contributed by atoms with Crippen LogP contribution in [-0.4, -0.2) is 24.2 Å². The number of nitrogens with one attached hydrogen (secondary N) is 3. The van der Waals surface area contributed by atoms with Crippen molar-refractivity contribution in [2.24, 2.45) is 16.6 Å². The van der Waals surface area contributed by atoms with Gasteiger partial charge in [0.25, 0.3) is 0 Å². The lowest BCUT2D eigenvalue weighted by Crippen LogP contribution is -2.61. The van der Waals surface area contributed by atoms with Gasteiger partial charge in [-0.3, -0.25) is 10.1 Å². The van der Waals surface area contributed by atoms with Crippen LogP contribution in [-0.2, 0) is 4.79 Å². The zero-order valence-corrected chi connectivity index (χ0v) is 14.4. The SMILES string of the molecule is CC(C)c1ccc(N/C(N)=N/C2NC(=O)C3CCCCC3N2)cc1. The van der Waals surface area contributed by atoms with Crippen LogP contribution < -0.4 is 21.7 Å². The molecule has 2 aliphatic rings. The molecule has 3 unspecified atom stereocenters. The fraction of sp³-hybridized carbons (Fsp3) is 0.556. The van der Waals surface area contributed by atoms with Crippen LogP contribution in [0.25, 0.3) is 0 Å². The van der Waals surface area contributed by atoms with E-state index in [0.29, 0.717) is 11.9 Å². The molecule has 1 saturated heterocycles. The second-order valence-corrected chi connectivity index (χ2v) is 6.99. The van der Waals surface area contributed by atoms with Gasteiger partial charge in [-0.2, -0.15) is 0 Å². The molecule has 6 heteroatoms. The van der Waals surface area contributed by atoms with Gasteiger partial charge in [-0.1, -0.05) is 38.8 Å². The molecule has 0 bridgehead atoms. The molecule has 0 radical (unpaired) electrons. The van der Waals surface area contributed by atoms with Crippen molar-refractivity contribution in [2.45, 2.75) is 57.8 Å². The summed E-state index contributed by atoms with van der Waals surface area (Å²) in [5, 5.41) is 9.36. The van der Waals surface area contributed by atoms with Crippen molar-refractivity contribution >= 4 is 17.6 Å². The fourth-order valence-electron chi connectivity index (χ4n) is 3.47. The maximum atomic E-state index is 12.2. The van der Waals surface area contributed by atoms with Crippen LogP contribution in [0.3, 0.4) is 0 Å². The summed E-state index contributed by atoms with van der Waals surface area (Å²) >= 11 is 0. The minimum Gasteiger partial charge on any atom is -0.370 e. The maximum Gasteiger partial charge on any atom is 0.227 e. The molecule has 1 aliphatic heterocycles. The van der Waals surface area contributed by atoms with Crippen molar-refractivity contribution in [2.75, 3.05) is 5.32 Å². The Hall–Kier alpha value is -2.08. The normalized spacial score (nSPS) is 27.5. The highest BCUT2D eigenvalue weighted by Gasteiger charge is 2.37. The molecule has 3 atom stereocenters. The quantitative estimate of drug-likeness (QED) is 0.505. The standard InChI is InChI=1S/C18H27N5O/c1-11(2)12-7-9-13(10-8-12)20-17(19)23-18-21-15-6-4-3-5-14(15)16(24)22-18/h7-11,14-15,18,21H,3-6H2,1-2H3,(H,22,24)(H3,19,20,23). The van der Waals surface area contributed by atoms with Gasteiger partial charge in [-0.05, 0) is 36.5 Å². The lowest BCUT2D eigenvalue weighted by Gasteiger charge is -2.38. The molecular weight excluding hydrogens is 302 g/mol. The van der Waals surface area contributed by atoms with Gasteiger partial charge in [0, 0.05) is 11.7 Å². The van der Waals surface area contributed by atoms with Gasteiger partial charge in [0.2, 0.25) is 5.91 Å². The minimum atomic E-state index is -0.459. The Balaban J connectivity index is 1.62. The van der Waals surface area contributed by atoms with Crippen molar-refractivity contribution < 1.29 is 4.79 Å². The third-order valence-electron chi connectivity index (χ3n) is 4.87. The molecule has 1 heterocycles. The van der Waals surface area contributed by atoms with E-state index in [2.05, 4.69) is 46.9 Å². The molecule has 1 aliphatic carbocycles. The largest absolute Gasteiger partial charge is 0.370 e. The summed E-state index contributed by atoms with van der Waals surface area (Å²) in [4.78, 5) is 16.6. The number of hydrogen-bond acceptors (Lipinski definition) is 3. The zero-order chi connectivity index (χ0) is 17.1. The van der Waals surface area contributed by atoms with E-state index in [4.69, 9.17) is 5.73 Å². The molecule has 2 fully saturated rings. The molecule has 130 valence electrons. The monoisotopic (exact) mass is 329 g/mol. The fourth-order valence-corrected chi connectivity index (χ4v) is 3.47. The summed E-state index contributed by atoms with van der Waals surface area (Å²) in [6, 6.07) is 8.34. The van der Waals surface area contributed by atoms with E-state index in [9.17, 15) is 4.79 Å². The number of nitrogens with zero attached hydrogens (tertiary/aromatic N) is 1. The summed E-state index contributed by atoms with van der Waals surface area (Å²) < 4.78 is 0. The van der Waals surface area contributed by atoms with Crippen LogP contribution >= 0.6 is 0 Å². The number of fused-ring (bicyclic) bond motifs is 1. The van der Waals surface area contributed by atoms with E-state index in [-0.39, 0.29) is 17.9 Å². The molecule has 1 aromatic rings. The Kier molecular flexibility index (Phi) is 5.04. The highest BCUT2D eigenvalue weighted by atomic mass is 16.2. The Labute approximate surface area is 143 Å². The van der Waals surface area contributed by atoms with Gasteiger partial charge >= 0.3 is 0 Å². The van der Waals surface area contributed by atoms with Crippen molar-refractivity contribution in [3.63, 3.8) is 0 Å². The predicted molar refractivity (Wildman–Crippen MR) is 96.6 cm³/mol.